The topological polar surface area (TPSA) is 63.7 Å². The molecule has 2 aromatic carbocycles. The molecule has 5 nitrogen and oxygen atoms in total. The highest BCUT2D eigenvalue weighted by Gasteiger charge is 2.32. The van der Waals surface area contributed by atoms with Gasteiger partial charge < -0.3 is 9.64 Å². The first kappa shape index (κ1) is 20.1. The fourth-order valence-electron chi connectivity index (χ4n) is 3.36. The fraction of sp³-hybridized carbons (Fsp3) is 0.318. The SMILES string of the molecule is Cc1cc(C)cc(N(C(=O)c2ccc(OC(C)C)cc2)C2C=CS(=O)(=O)C2)c1. The lowest BCUT2D eigenvalue weighted by Gasteiger charge is -2.28. The number of nitrogens with zero attached hydrogens (tertiary/aromatic N) is 1. The molecule has 0 saturated heterocycles. The first-order valence-electron chi connectivity index (χ1n) is 9.24. The standard InChI is InChI=1S/C22H25NO4S/c1-15(2)27-21-7-5-18(6-8-21)22(24)23(19-9-10-28(25,26)14-19)20-12-16(3)11-17(4)13-20/h5-13,15,19H,14H2,1-4H3. The van der Waals surface area contributed by atoms with Gasteiger partial charge in [-0.05, 0) is 81.3 Å². The first-order chi connectivity index (χ1) is 13.1. The highest BCUT2D eigenvalue weighted by Crippen LogP contribution is 2.27. The Kier molecular flexibility index (Phi) is 5.61. The Bertz CT molecular complexity index is 987. The van der Waals surface area contributed by atoms with Crippen molar-refractivity contribution in [3.05, 3.63) is 70.6 Å². The van der Waals surface area contributed by atoms with Crippen LogP contribution in [0.2, 0.25) is 0 Å². The maximum Gasteiger partial charge on any atom is 0.258 e. The number of aryl methyl sites for hydroxylation is 2. The van der Waals surface area contributed by atoms with Gasteiger partial charge in [0.15, 0.2) is 9.84 Å². The minimum atomic E-state index is -3.30. The number of rotatable bonds is 5. The fourth-order valence-corrected chi connectivity index (χ4v) is 4.62. The van der Waals surface area contributed by atoms with Crippen molar-refractivity contribution >= 4 is 21.4 Å². The molecule has 0 bridgehead atoms. The molecule has 2 aromatic rings. The maximum atomic E-state index is 13.4. The minimum absolute atomic E-state index is 0.0437. The molecule has 1 aliphatic rings. The van der Waals surface area contributed by atoms with E-state index in [1.807, 2.05) is 45.9 Å². The monoisotopic (exact) mass is 399 g/mol. The highest BCUT2D eigenvalue weighted by atomic mass is 32.2. The molecule has 28 heavy (non-hydrogen) atoms. The molecule has 0 spiro atoms. The van der Waals surface area contributed by atoms with Gasteiger partial charge >= 0.3 is 0 Å². The van der Waals surface area contributed by atoms with E-state index in [9.17, 15) is 13.2 Å². The van der Waals surface area contributed by atoms with E-state index in [0.717, 1.165) is 11.1 Å². The Hall–Kier alpha value is -2.60. The molecule has 148 valence electrons. The Morgan fingerprint density at radius 3 is 2.18 bits per heavy atom. The summed E-state index contributed by atoms with van der Waals surface area (Å²) in [4.78, 5) is 14.9. The van der Waals surface area contributed by atoms with Crippen LogP contribution in [0.4, 0.5) is 5.69 Å². The molecule has 1 amide bonds. The van der Waals surface area contributed by atoms with Crippen molar-refractivity contribution in [2.45, 2.75) is 39.8 Å². The van der Waals surface area contributed by atoms with E-state index >= 15 is 0 Å². The average Bonchev–Trinajstić information content (AvgIpc) is 2.93. The average molecular weight is 400 g/mol. The quantitative estimate of drug-likeness (QED) is 0.761. The van der Waals surface area contributed by atoms with Crippen LogP contribution in [0.1, 0.15) is 35.3 Å². The van der Waals surface area contributed by atoms with Crippen molar-refractivity contribution in [1.29, 1.82) is 0 Å². The number of amides is 1. The van der Waals surface area contributed by atoms with Crippen LogP contribution in [0, 0.1) is 13.8 Å². The Balaban J connectivity index is 1.99. The molecule has 0 aromatic heterocycles. The van der Waals surface area contributed by atoms with E-state index in [-0.39, 0.29) is 17.8 Å². The first-order valence-corrected chi connectivity index (χ1v) is 11.0. The van der Waals surface area contributed by atoms with E-state index in [2.05, 4.69) is 0 Å². The smallest absolute Gasteiger partial charge is 0.258 e. The lowest BCUT2D eigenvalue weighted by Crippen LogP contribution is -2.41. The number of hydrogen-bond acceptors (Lipinski definition) is 4. The molecule has 0 radical (unpaired) electrons. The van der Waals surface area contributed by atoms with Crippen LogP contribution >= 0.6 is 0 Å². The summed E-state index contributed by atoms with van der Waals surface area (Å²) in [6.45, 7) is 7.79. The third kappa shape index (κ3) is 4.62. The minimum Gasteiger partial charge on any atom is -0.491 e. The summed E-state index contributed by atoms with van der Waals surface area (Å²) < 4.78 is 29.6. The third-order valence-electron chi connectivity index (χ3n) is 4.42. The predicted molar refractivity (Wildman–Crippen MR) is 112 cm³/mol. The molecule has 1 atom stereocenters. The number of sulfone groups is 1. The summed E-state index contributed by atoms with van der Waals surface area (Å²) in [6, 6.07) is 12.2. The Morgan fingerprint density at radius 1 is 1.07 bits per heavy atom. The van der Waals surface area contributed by atoms with Crippen molar-refractivity contribution in [2.24, 2.45) is 0 Å². The van der Waals surface area contributed by atoms with Gasteiger partial charge in [-0.3, -0.25) is 4.79 Å². The highest BCUT2D eigenvalue weighted by molar-refractivity contribution is 7.94. The molecule has 3 rings (SSSR count). The molecule has 1 aliphatic heterocycles. The van der Waals surface area contributed by atoms with Crippen molar-refractivity contribution < 1.29 is 17.9 Å². The van der Waals surface area contributed by atoms with Crippen LogP contribution in [0.5, 0.6) is 5.75 Å². The van der Waals surface area contributed by atoms with Crippen LogP contribution in [0.3, 0.4) is 0 Å². The van der Waals surface area contributed by atoms with E-state index in [1.54, 1.807) is 35.2 Å². The summed E-state index contributed by atoms with van der Waals surface area (Å²) in [5.74, 6) is 0.334. The van der Waals surface area contributed by atoms with Gasteiger partial charge in [0.25, 0.3) is 5.91 Å². The van der Waals surface area contributed by atoms with E-state index < -0.39 is 15.9 Å². The van der Waals surface area contributed by atoms with E-state index in [0.29, 0.717) is 17.0 Å². The van der Waals surface area contributed by atoms with Crippen molar-refractivity contribution in [2.75, 3.05) is 10.7 Å². The number of carbonyl (C=O) groups excluding carboxylic acids is 1. The normalized spacial score (nSPS) is 17.7. The zero-order chi connectivity index (χ0) is 20.5. The summed E-state index contributed by atoms with van der Waals surface area (Å²) in [5.41, 5.74) is 3.20. The van der Waals surface area contributed by atoms with Gasteiger partial charge in [0.05, 0.1) is 17.9 Å². The van der Waals surface area contributed by atoms with Gasteiger partial charge in [-0.15, -0.1) is 0 Å². The maximum absolute atomic E-state index is 13.4. The van der Waals surface area contributed by atoms with Crippen LogP contribution in [-0.2, 0) is 9.84 Å². The van der Waals surface area contributed by atoms with Gasteiger partial charge in [-0.25, -0.2) is 8.42 Å². The van der Waals surface area contributed by atoms with Crippen LogP contribution < -0.4 is 9.64 Å². The summed E-state index contributed by atoms with van der Waals surface area (Å²) >= 11 is 0. The van der Waals surface area contributed by atoms with Gasteiger partial charge in [-0.1, -0.05) is 6.07 Å². The van der Waals surface area contributed by atoms with Crippen molar-refractivity contribution in [3.63, 3.8) is 0 Å². The molecule has 1 heterocycles. The van der Waals surface area contributed by atoms with Crippen LogP contribution in [-0.4, -0.2) is 32.2 Å². The van der Waals surface area contributed by atoms with Gasteiger partial charge in [0.1, 0.15) is 5.75 Å². The zero-order valence-electron chi connectivity index (χ0n) is 16.5. The second-order valence-electron chi connectivity index (χ2n) is 7.44. The van der Waals surface area contributed by atoms with E-state index in [1.165, 1.54) is 5.41 Å². The van der Waals surface area contributed by atoms with Gasteiger partial charge in [0.2, 0.25) is 0 Å². The third-order valence-corrected chi connectivity index (χ3v) is 5.80. The van der Waals surface area contributed by atoms with Gasteiger partial charge in [-0.2, -0.15) is 0 Å². The second kappa shape index (κ2) is 7.80. The molecule has 0 saturated carbocycles. The molecule has 6 heteroatoms. The molecule has 0 aliphatic carbocycles. The lowest BCUT2D eigenvalue weighted by atomic mass is 10.1. The summed E-state index contributed by atoms with van der Waals surface area (Å²) in [6.07, 6.45) is 1.63. The lowest BCUT2D eigenvalue weighted by molar-refractivity contribution is 0.0983. The van der Waals surface area contributed by atoms with Crippen LogP contribution in [0.15, 0.2) is 53.9 Å². The molecule has 1 unspecified atom stereocenters. The Morgan fingerprint density at radius 2 is 1.68 bits per heavy atom. The molecule has 0 N–H and O–H groups in total. The van der Waals surface area contributed by atoms with Crippen molar-refractivity contribution in [3.8, 4) is 5.75 Å². The zero-order valence-corrected chi connectivity index (χ0v) is 17.4. The number of anilines is 1. The second-order valence-corrected chi connectivity index (χ2v) is 9.37. The molecular formula is C22H25NO4S. The summed E-state index contributed by atoms with van der Waals surface area (Å²) in [7, 11) is -3.30. The number of ether oxygens (including phenoxy) is 1. The molecule has 0 fully saturated rings. The summed E-state index contributed by atoms with van der Waals surface area (Å²) in [5, 5.41) is 1.19. The van der Waals surface area contributed by atoms with Crippen LogP contribution in [0.25, 0.3) is 0 Å². The van der Waals surface area contributed by atoms with Gasteiger partial charge in [0, 0.05) is 16.7 Å². The predicted octanol–water partition coefficient (Wildman–Crippen LogP) is 4.05. The largest absolute Gasteiger partial charge is 0.491 e. The molecular weight excluding hydrogens is 374 g/mol. The Labute approximate surface area is 166 Å². The number of benzene rings is 2. The number of carbonyl (C=O) groups is 1. The number of hydrogen-bond donors (Lipinski definition) is 0. The van der Waals surface area contributed by atoms with Crippen molar-refractivity contribution in [1.82, 2.24) is 0 Å². The van der Waals surface area contributed by atoms with E-state index in [4.69, 9.17) is 4.74 Å².